The summed E-state index contributed by atoms with van der Waals surface area (Å²) in [5.41, 5.74) is 1.79. The SMILES string of the molecule is COCCn1cc(CNC(=O)N2CCC3(C=Cc4ccccc4O3)CC2)cn1. The third kappa shape index (κ3) is 4.04. The highest BCUT2D eigenvalue weighted by Gasteiger charge is 2.37. The van der Waals surface area contributed by atoms with Gasteiger partial charge in [-0.3, -0.25) is 4.68 Å². The number of fused-ring (bicyclic) bond motifs is 1. The Kier molecular flexibility index (Phi) is 5.34. The van der Waals surface area contributed by atoms with E-state index in [1.54, 1.807) is 13.3 Å². The molecule has 4 rings (SSSR count). The van der Waals surface area contributed by atoms with Crippen molar-refractivity contribution in [2.75, 3.05) is 26.8 Å². The molecule has 28 heavy (non-hydrogen) atoms. The number of nitrogens with one attached hydrogen (secondary N) is 1. The number of carbonyl (C=O) groups is 1. The number of para-hydroxylation sites is 1. The summed E-state index contributed by atoms with van der Waals surface area (Å²) in [5.74, 6) is 0.924. The van der Waals surface area contributed by atoms with Gasteiger partial charge < -0.3 is 19.7 Å². The van der Waals surface area contributed by atoms with Crippen LogP contribution in [0.1, 0.15) is 24.0 Å². The molecule has 1 saturated heterocycles. The van der Waals surface area contributed by atoms with Crippen molar-refractivity contribution in [2.45, 2.75) is 31.5 Å². The number of amides is 2. The number of hydrogen-bond donors (Lipinski definition) is 1. The Labute approximate surface area is 164 Å². The minimum absolute atomic E-state index is 0.0420. The van der Waals surface area contributed by atoms with Gasteiger partial charge in [-0.25, -0.2) is 4.79 Å². The topological polar surface area (TPSA) is 68.6 Å². The molecule has 7 heteroatoms. The molecule has 0 radical (unpaired) electrons. The highest BCUT2D eigenvalue weighted by atomic mass is 16.5. The third-order valence-electron chi connectivity index (χ3n) is 5.35. The maximum atomic E-state index is 12.5. The van der Waals surface area contributed by atoms with Gasteiger partial charge in [0.25, 0.3) is 0 Å². The fourth-order valence-electron chi connectivity index (χ4n) is 3.66. The van der Waals surface area contributed by atoms with E-state index in [9.17, 15) is 4.79 Å². The molecular weight excluding hydrogens is 356 g/mol. The zero-order valence-corrected chi connectivity index (χ0v) is 16.1. The molecule has 148 valence electrons. The lowest BCUT2D eigenvalue weighted by molar-refractivity contribution is 0.0497. The molecule has 1 N–H and O–H groups in total. The molecule has 1 fully saturated rings. The number of methoxy groups -OCH3 is 1. The van der Waals surface area contributed by atoms with E-state index < -0.39 is 0 Å². The largest absolute Gasteiger partial charge is 0.482 e. The van der Waals surface area contributed by atoms with Gasteiger partial charge in [0.1, 0.15) is 11.4 Å². The fraction of sp³-hybridized carbons (Fsp3) is 0.429. The molecule has 0 saturated carbocycles. The van der Waals surface area contributed by atoms with E-state index in [-0.39, 0.29) is 11.6 Å². The highest BCUT2D eigenvalue weighted by Crippen LogP contribution is 2.36. The highest BCUT2D eigenvalue weighted by molar-refractivity contribution is 5.74. The summed E-state index contributed by atoms with van der Waals surface area (Å²) < 4.78 is 13.2. The summed E-state index contributed by atoms with van der Waals surface area (Å²) in [7, 11) is 1.67. The van der Waals surface area contributed by atoms with E-state index in [1.165, 1.54) is 0 Å². The van der Waals surface area contributed by atoms with E-state index in [0.717, 1.165) is 29.7 Å². The van der Waals surface area contributed by atoms with Crippen molar-refractivity contribution in [1.82, 2.24) is 20.0 Å². The van der Waals surface area contributed by atoms with E-state index >= 15 is 0 Å². The molecule has 0 atom stereocenters. The predicted molar refractivity (Wildman–Crippen MR) is 106 cm³/mol. The Morgan fingerprint density at radius 2 is 2.14 bits per heavy atom. The van der Waals surface area contributed by atoms with Crippen LogP contribution in [0.4, 0.5) is 4.79 Å². The number of nitrogens with zero attached hydrogens (tertiary/aromatic N) is 3. The lowest BCUT2D eigenvalue weighted by Crippen LogP contribution is -2.51. The molecule has 2 amide bonds. The number of aromatic nitrogens is 2. The second-order valence-corrected chi connectivity index (χ2v) is 7.29. The molecule has 0 aliphatic carbocycles. The van der Waals surface area contributed by atoms with E-state index in [1.807, 2.05) is 34.0 Å². The van der Waals surface area contributed by atoms with Crippen LogP contribution in [0.15, 0.2) is 42.7 Å². The molecule has 1 spiro atoms. The van der Waals surface area contributed by atoms with Crippen molar-refractivity contribution >= 4 is 12.1 Å². The second-order valence-electron chi connectivity index (χ2n) is 7.29. The molecule has 1 aromatic carbocycles. The third-order valence-corrected chi connectivity index (χ3v) is 5.35. The molecule has 1 aromatic heterocycles. The minimum Gasteiger partial charge on any atom is -0.482 e. The molecule has 0 unspecified atom stereocenters. The van der Waals surface area contributed by atoms with Crippen LogP contribution in [0.3, 0.4) is 0 Å². The molecule has 7 nitrogen and oxygen atoms in total. The van der Waals surface area contributed by atoms with E-state index in [4.69, 9.17) is 9.47 Å². The van der Waals surface area contributed by atoms with Crippen molar-refractivity contribution in [2.24, 2.45) is 0 Å². The number of hydrogen-bond acceptors (Lipinski definition) is 4. The zero-order valence-electron chi connectivity index (χ0n) is 16.1. The van der Waals surface area contributed by atoms with Crippen molar-refractivity contribution in [3.05, 3.63) is 53.9 Å². The number of piperidine rings is 1. The van der Waals surface area contributed by atoms with Crippen molar-refractivity contribution in [3.63, 3.8) is 0 Å². The van der Waals surface area contributed by atoms with Crippen LogP contribution >= 0.6 is 0 Å². The zero-order chi connectivity index (χ0) is 19.4. The summed E-state index contributed by atoms with van der Waals surface area (Å²) in [5, 5.41) is 7.26. The average Bonchev–Trinajstić information content (AvgIpc) is 3.19. The second kappa shape index (κ2) is 8.06. The Morgan fingerprint density at radius 3 is 2.96 bits per heavy atom. The van der Waals surface area contributed by atoms with Crippen LogP contribution in [-0.2, 0) is 17.8 Å². The van der Waals surface area contributed by atoms with Crippen LogP contribution in [-0.4, -0.2) is 53.1 Å². The smallest absolute Gasteiger partial charge is 0.317 e. The molecular formula is C21H26N4O3. The maximum absolute atomic E-state index is 12.5. The lowest BCUT2D eigenvalue weighted by Gasteiger charge is -2.41. The summed E-state index contributed by atoms with van der Waals surface area (Å²) in [6.45, 7) is 3.13. The molecule has 2 aliphatic rings. The van der Waals surface area contributed by atoms with Crippen molar-refractivity contribution < 1.29 is 14.3 Å². The van der Waals surface area contributed by atoms with Gasteiger partial charge in [-0.1, -0.05) is 24.3 Å². The van der Waals surface area contributed by atoms with Crippen LogP contribution in [0, 0.1) is 0 Å². The Hall–Kier alpha value is -2.80. The number of rotatable bonds is 5. The normalized spacial score (nSPS) is 17.2. The first-order valence-electron chi connectivity index (χ1n) is 9.68. The van der Waals surface area contributed by atoms with Gasteiger partial charge in [0.2, 0.25) is 0 Å². The summed E-state index contributed by atoms with van der Waals surface area (Å²) in [6, 6.07) is 8.02. The number of benzene rings is 1. The van der Waals surface area contributed by atoms with Gasteiger partial charge in [0.05, 0.1) is 19.3 Å². The molecule has 3 heterocycles. The van der Waals surface area contributed by atoms with E-state index in [0.29, 0.717) is 32.8 Å². The average molecular weight is 382 g/mol. The standard InChI is InChI=1S/C21H26N4O3/c1-27-13-12-25-16-17(15-23-25)14-22-20(26)24-10-8-21(9-11-24)7-6-18-4-2-3-5-19(18)28-21/h2-7,15-16H,8-14H2,1H3,(H,22,26). The number of ether oxygens (including phenoxy) is 2. The van der Waals surface area contributed by atoms with E-state index in [2.05, 4.69) is 28.6 Å². The van der Waals surface area contributed by atoms with Gasteiger partial charge >= 0.3 is 6.03 Å². The molecule has 2 aliphatic heterocycles. The van der Waals surface area contributed by atoms with Gasteiger partial charge in [-0.05, 0) is 12.1 Å². The number of carbonyl (C=O) groups excluding carboxylic acids is 1. The minimum atomic E-state index is -0.298. The summed E-state index contributed by atoms with van der Waals surface area (Å²) >= 11 is 0. The molecule has 0 bridgehead atoms. The van der Waals surface area contributed by atoms with Gasteiger partial charge in [0.15, 0.2) is 0 Å². The monoisotopic (exact) mass is 382 g/mol. The quantitative estimate of drug-likeness (QED) is 0.863. The molecule has 2 aromatic rings. The predicted octanol–water partition coefficient (Wildman–Crippen LogP) is 2.68. The maximum Gasteiger partial charge on any atom is 0.317 e. The van der Waals surface area contributed by atoms with Crippen LogP contribution < -0.4 is 10.1 Å². The van der Waals surface area contributed by atoms with Gasteiger partial charge in [0, 0.05) is 56.9 Å². The Bertz CT molecular complexity index is 853. The van der Waals surface area contributed by atoms with Crippen molar-refractivity contribution in [1.29, 1.82) is 0 Å². The van der Waals surface area contributed by atoms with Gasteiger partial charge in [-0.15, -0.1) is 0 Å². The first-order valence-corrected chi connectivity index (χ1v) is 9.68. The fourth-order valence-corrected chi connectivity index (χ4v) is 3.66. The number of urea groups is 1. The first-order chi connectivity index (χ1) is 13.7. The van der Waals surface area contributed by atoms with Crippen LogP contribution in [0.5, 0.6) is 5.75 Å². The van der Waals surface area contributed by atoms with Crippen molar-refractivity contribution in [3.8, 4) is 5.75 Å². The van der Waals surface area contributed by atoms with Crippen LogP contribution in [0.25, 0.3) is 6.08 Å². The van der Waals surface area contributed by atoms with Crippen LogP contribution in [0.2, 0.25) is 0 Å². The lowest BCUT2D eigenvalue weighted by atomic mass is 9.88. The Balaban J connectivity index is 1.27. The number of likely N-dealkylation sites (tertiary alicyclic amines) is 1. The Morgan fingerprint density at radius 1 is 1.32 bits per heavy atom. The summed E-state index contributed by atoms with van der Waals surface area (Å²) in [6.07, 6.45) is 9.58. The van der Waals surface area contributed by atoms with Gasteiger partial charge in [-0.2, -0.15) is 5.10 Å². The summed E-state index contributed by atoms with van der Waals surface area (Å²) in [4.78, 5) is 14.4. The first kappa shape index (κ1) is 18.6.